The molecule has 1 fully saturated rings. The minimum Gasteiger partial charge on any atom is -0.331 e. The first-order valence-corrected chi connectivity index (χ1v) is 9.77. The monoisotopic (exact) mass is 338 g/mol. The fourth-order valence-electron chi connectivity index (χ4n) is 2.55. The summed E-state index contributed by atoms with van der Waals surface area (Å²) in [6.45, 7) is 8.96. The maximum absolute atomic E-state index is 12.2. The van der Waals surface area contributed by atoms with Crippen LogP contribution in [0.2, 0.25) is 0 Å². The Labute approximate surface area is 139 Å². The van der Waals surface area contributed by atoms with Gasteiger partial charge in [0.15, 0.2) is 9.84 Å². The van der Waals surface area contributed by atoms with E-state index in [-0.39, 0.29) is 42.1 Å². The highest BCUT2D eigenvalue weighted by atomic mass is 32.2. The predicted molar refractivity (Wildman–Crippen MR) is 92.3 cm³/mol. The fourth-order valence-corrected chi connectivity index (χ4v) is 3.75. The zero-order valence-corrected chi connectivity index (χ0v) is 15.1. The number of benzene rings is 1. The summed E-state index contributed by atoms with van der Waals surface area (Å²) >= 11 is 0. The molecule has 2 amide bonds. The van der Waals surface area contributed by atoms with Crippen LogP contribution < -0.4 is 5.32 Å². The number of hydrogen-bond donors (Lipinski definition) is 1. The summed E-state index contributed by atoms with van der Waals surface area (Å²) in [5, 5.41) is 2.94. The van der Waals surface area contributed by atoms with E-state index in [1.54, 1.807) is 4.90 Å². The first-order chi connectivity index (χ1) is 10.6. The van der Waals surface area contributed by atoms with Crippen LogP contribution in [0.3, 0.4) is 0 Å². The second kappa shape index (κ2) is 6.51. The van der Waals surface area contributed by atoms with Crippen molar-refractivity contribution in [1.82, 2.24) is 10.2 Å². The lowest BCUT2D eigenvalue weighted by molar-refractivity contribution is 0.199. The molecule has 0 aromatic heterocycles. The van der Waals surface area contributed by atoms with Gasteiger partial charge >= 0.3 is 6.03 Å². The van der Waals surface area contributed by atoms with Crippen molar-refractivity contribution in [1.29, 1.82) is 0 Å². The molecule has 0 aliphatic carbocycles. The van der Waals surface area contributed by atoms with Crippen molar-refractivity contribution in [3.8, 4) is 0 Å². The van der Waals surface area contributed by atoms with Gasteiger partial charge in [-0.25, -0.2) is 13.2 Å². The number of amides is 2. The van der Waals surface area contributed by atoms with E-state index in [4.69, 9.17) is 0 Å². The number of nitrogens with one attached hydrogen (secondary N) is 1. The smallest absolute Gasteiger partial charge is 0.317 e. The molecule has 1 atom stereocenters. The number of hydrogen-bond acceptors (Lipinski definition) is 3. The summed E-state index contributed by atoms with van der Waals surface area (Å²) in [6, 6.07) is 7.93. The second-order valence-electron chi connectivity index (χ2n) is 7.18. The maximum atomic E-state index is 12.2. The van der Waals surface area contributed by atoms with E-state index in [1.807, 2.05) is 19.1 Å². The predicted octanol–water partition coefficient (Wildman–Crippen LogP) is 2.49. The van der Waals surface area contributed by atoms with Crippen LogP contribution in [0.5, 0.6) is 0 Å². The second-order valence-corrected chi connectivity index (χ2v) is 9.49. The summed E-state index contributed by atoms with van der Waals surface area (Å²) in [5.74, 6) is 0.101. The molecule has 0 saturated carbocycles. The topological polar surface area (TPSA) is 66.5 Å². The van der Waals surface area contributed by atoms with Gasteiger partial charge in [0.25, 0.3) is 0 Å². The largest absolute Gasteiger partial charge is 0.331 e. The molecule has 6 heteroatoms. The van der Waals surface area contributed by atoms with Gasteiger partial charge in [0.05, 0.1) is 17.5 Å². The fraction of sp³-hybridized carbons (Fsp3) is 0.588. The molecule has 2 rings (SSSR count). The van der Waals surface area contributed by atoms with E-state index in [2.05, 4.69) is 38.2 Å². The van der Waals surface area contributed by atoms with Crippen molar-refractivity contribution >= 4 is 15.9 Å². The van der Waals surface area contributed by atoms with Crippen LogP contribution in [-0.2, 0) is 15.3 Å². The van der Waals surface area contributed by atoms with Crippen molar-refractivity contribution in [2.75, 3.05) is 24.6 Å². The van der Waals surface area contributed by atoms with E-state index in [0.717, 1.165) is 5.56 Å². The average Bonchev–Trinajstić information content (AvgIpc) is 2.46. The lowest BCUT2D eigenvalue weighted by Crippen LogP contribution is -2.48. The molecular weight excluding hydrogens is 312 g/mol. The quantitative estimate of drug-likeness (QED) is 0.901. The van der Waals surface area contributed by atoms with Crippen molar-refractivity contribution in [3.63, 3.8) is 0 Å². The third kappa shape index (κ3) is 4.70. The van der Waals surface area contributed by atoms with Crippen molar-refractivity contribution in [3.05, 3.63) is 35.4 Å². The van der Waals surface area contributed by atoms with Crippen molar-refractivity contribution in [2.24, 2.45) is 0 Å². The first kappa shape index (κ1) is 17.8. The average molecular weight is 338 g/mol. The zero-order valence-electron chi connectivity index (χ0n) is 14.3. The van der Waals surface area contributed by atoms with E-state index in [0.29, 0.717) is 0 Å². The SMILES string of the molecule is C[C@@H](NC(=O)N1CCS(=O)(=O)CC1)c1ccc(C(C)(C)C)cc1. The van der Waals surface area contributed by atoms with Crippen LogP contribution in [0.25, 0.3) is 0 Å². The van der Waals surface area contributed by atoms with Gasteiger partial charge in [-0.1, -0.05) is 45.0 Å². The first-order valence-electron chi connectivity index (χ1n) is 7.95. The molecule has 0 unspecified atom stereocenters. The van der Waals surface area contributed by atoms with Gasteiger partial charge in [0.1, 0.15) is 0 Å². The number of rotatable bonds is 2. The van der Waals surface area contributed by atoms with E-state index >= 15 is 0 Å². The van der Waals surface area contributed by atoms with Crippen LogP contribution in [0.1, 0.15) is 44.9 Å². The summed E-state index contributed by atoms with van der Waals surface area (Å²) in [6.07, 6.45) is 0. The van der Waals surface area contributed by atoms with Crippen LogP contribution in [0.4, 0.5) is 4.79 Å². The molecule has 1 aliphatic rings. The number of sulfone groups is 1. The molecule has 23 heavy (non-hydrogen) atoms. The van der Waals surface area contributed by atoms with Crippen LogP contribution in [-0.4, -0.2) is 43.9 Å². The molecule has 5 nitrogen and oxygen atoms in total. The molecule has 1 aliphatic heterocycles. The van der Waals surface area contributed by atoms with E-state index < -0.39 is 9.84 Å². The third-order valence-electron chi connectivity index (χ3n) is 4.25. The third-order valence-corrected chi connectivity index (χ3v) is 5.86. The number of carbonyl (C=O) groups excluding carboxylic acids is 1. The number of nitrogens with zero attached hydrogens (tertiary/aromatic N) is 1. The number of carbonyl (C=O) groups is 1. The van der Waals surface area contributed by atoms with Gasteiger partial charge in [-0.3, -0.25) is 0 Å². The van der Waals surface area contributed by atoms with E-state index in [9.17, 15) is 13.2 Å². The van der Waals surface area contributed by atoms with Crippen LogP contribution in [0.15, 0.2) is 24.3 Å². The summed E-state index contributed by atoms with van der Waals surface area (Å²) < 4.78 is 22.8. The zero-order chi connectivity index (χ0) is 17.3. The summed E-state index contributed by atoms with van der Waals surface area (Å²) in [7, 11) is -2.97. The lowest BCUT2D eigenvalue weighted by Gasteiger charge is -2.28. The molecule has 0 bridgehead atoms. The Kier molecular flexibility index (Phi) is 5.04. The Morgan fingerprint density at radius 1 is 1.13 bits per heavy atom. The van der Waals surface area contributed by atoms with Crippen LogP contribution >= 0.6 is 0 Å². The highest BCUT2D eigenvalue weighted by Gasteiger charge is 2.25. The lowest BCUT2D eigenvalue weighted by atomic mass is 9.86. The minimum atomic E-state index is -2.97. The van der Waals surface area contributed by atoms with Gasteiger partial charge in [-0.2, -0.15) is 0 Å². The van der Waals surface area contributed by atoms with E-state index in [1.165, 1.54) is 5.56 Å². The molecule has 1 saturated heterocycles. The molecule has 1 aromatic rings. The van der Waals surface area contributed by atoms with Gasteiger partial charge in [-0.15, -0.1) is 0 Å². The molecule has 0 radical (unpaired) electrons. The maximum Gasteiger partial charge on any atom is 0.317 e. The van der Waals surface area contributed by atoms with Crippen molar-refractivity contribution in [2.45, 2.75) is 39.2 Å². The highest BCUT2D eigenvalue weighted by molar-refractivity contribution is 7.91. The molecular formula is C17H26N2O3S. The summed E-state index contributed by atoms with van der Waals surface area (Å²) in [4.78, 5) is 13.8. The Morgan fingerprint density at radius 2 is 1.65 bits per heavy atom. The van der Waals surface area contributed by atoms with Gasteiger partial charge in [0.2, 0.25) is 0 Å². The van der Waals surface area contributed by atoms with Gasteiger partial charge in [-0.05, 0) is 23.5 Å². The van der Waals surface area contributed by atoms with Crippen molar-refractivity contribution < 1.29 is 13.2 Å². The number of urea groups is 1. The van der Waals surface area contributed by atoms with Gasteiger partial charge in [0, 0.05) is 13.1 Å². The molecule has 1 aromatic carbocycles. The highest BCUT2D eigenvalue weighted by Crippen LogP contribution is 2.24. The summed E-state index contributed by atoms with van der Waals surface area (Å²) in [5.41, 5.74) is 2.39. The standard InChI is InChI=1S/C17H26N2O3S/c1-13(14-5-7-15(8-6-14)17(2,3)4)18-16(20)19-9-11-23(21,22)12-10-19/h5-8,13H,9-12H2,1-4H3,(H,18,20)/t13-/m1/s1. The molecule has 128 valence electrons. The normalized spacial score (nSPS) is 19.2. The Bertz CT molecular complexity index is 646. The van der Waals surface area contributed by atoms with Crippen LogP contribution in [0, 0.1) is 0 Å². The molecule has 1 heterocycles. The Morgan fingerprint density at radius 3 is 2.13 bits per heavy atom. The Hall–Kier alpha value is -1.56. The minimum absolute atomic E-state index is 0.0507. The molecule has 0 spiro atoms. The Balaban J connectivity index is 1.96. The molecule has 1 N–H and O–H groups in total. The van der Waals surface area contributed by atoms with Gasteiger partial charge < -0.3 is 10.2 Å².